The molecular weight excluding hydrogens is 428 g/mol. The maximum absolute atomic E-state index is 12.7. The van der Waals surface area contributed by atoms with E-state index < -0.39 is 0 Å². The lowest BCUT2D eigenvalue weighted by Gasteiger charge is -2.30. The number of nitrogens with one attached hydrogen (secondary N) is 1. The van der Waals surface area contributed by atoms with Crippen LogP contribution >= 0.6 is 12.6 Å². The van der Waals surface area contributed by atoms with Crippen molar-refractivity contribution in [3.05, 3.63) is 34.9 Å². The van der Waals surface area contributed by atoms with Crippen molar-refractivity contribution in [1.82, 2.24) is 10.2 Å². The lowest BCUT2D eigenvalue weighted by atomic mass is 9.76. The Morgan fingerprint density at radius 3 is 2.67 bits per heavy atom. The van der Waals surface area contributed by atoms with Gasteiger partial charge in [-0.15, -0.1) is 0 Å². The first kappa shape index (κ1) is 26.6. The molecule has 33 heavy (non-hydrogen) atoms. The highest BCUT2D eigenvalue weighted by Gasteiger charge is 2.25. The van der Waals surface area contributed by atoms with E-state index in [1.54, 1.807) is 7.11 Å². The van der Waals surface area contributed by atoms with Crippen molar-refractivity contribution >= 4 is 18.5 Å². The second-order valence-corrected chi connectivity index (χ2v) is 10.6. The number of methoxy groups -OCH3 is 1. The van der Waals surface area contributed by atoms with E-state index in [4.69, 9.17) is 4.74 Å². The highest BCUT2D eigenvalue weighted by atomic mass is 32.1. The summed E-state index contributed by atoms with van der Waals surface area (Å²) in [6.45, 7) is 7.10. The molecule has 4 nitrogen and oxygen atoms in total. The fourth-order valence-electron chi connectivity index (χ4n) is 5.69. The number of likely N-dealkylation sites (tertiary alicyclic amines) is 1. The third-order valence-electron chi connectivity index (χ3n) is 7.82. The molecular formula is C28H46N2O2S. The van der Waals surface area contributed by atoms with Crippen molar-refractivity contribution in [3.8, 4) is 0 Å². The molecule has 1 heterocycles. The van der Waals surface area contributed by atoms with Gasteiger partial charge in [-0.3, -0.25) is 4.79 Å². The van der Waals surface area contributed by atoms with Gasteiger partial charge in [0.2, 0.25) is 0 Å². The summed E-state index contributed by atoms with van der Waals surface area (Å²) in [6.07, 6.45) is 12.7. The van der Waals surface area contributed by atoms with Gasteiger partial charge in [-0.25, -0.2) is 0 Å². The summed E-state index contributed by atoms with van der Waals surface area (Å²) in [6, 6.07) is 6.53. The summed E-state index contributed by atoms with van der Waals surface area (Å²) in [4.78, 5) is 15.4. The van der Waals surface area contributed by atoms with Crippen LogP contribution in [0.4, 0.5) is 0 Å². The Labute approximate surface area is 207 Å². The summed E-state index contributed by atoms with van der Waals surface area (Å²) in [7, 11) is 1.66. The summed E-state index contributed by atoms with van der Waals surface area (Å²) in [5, 5.41) is 3.00. The molecule has 5 heteroatoms. The van der Waals surface area contributed by atoms with E-state index in [2.05, 4.69) is 41.9 Å². The smallest absolute Gasteiger partial charge is 0.251 e. The van der Waals surface area contributed by atoms with Gasteiger partial charge in [0, 0.05) is 19.2 Å². The molecule has 1 aliphatic heterocycles. The summed E-state index contributed by atoms with van der Waals surface area (Å²) in [5.41, 5.74) is 3.73. The van der Waals surface area contributed by atoms with Gasteiger partial charge in [-0.05, 0) is 124 Å². The number of benzene rings is 1. The molecule has 2 fully saturated rings. The third-order valence-corrected chi connectivity index (χ3v) is 8.33. The number of hydrogen-bond acceptors (Lipinski definition) is 4. The molecule has 0 bridgehead atoms. The minimum Gasteiger partial charge on any atom is -0.383 e. The Balaban J connectivity index is 1.72. The van der Waals surface area contributed by atoms with Crippen molar-refractivity contribution < 1.29 is 9.53 Å². The van der Waals surface area contributed by atoms with Gasteiger partial charge < -0.3 is 15.0 Å². The third kappa shape index (κ3) is 8.29. The number of hydrogen-bond donors (Lipinski definition) is 2. The van der Waals surface area contributed by atoms with Gasteiger partial charge >= 0.3 is 0 Å². The first-order valence-electron chi connectivity index (χ1n) is 13.4. The molecule has 1 saturated carbocycles. The molecule has 0 spiro atoms. The topological polar surface area (TPSA) is 41.6 Å². The summed E-state index contributed by atoms with van der Waals surface area (Å²) >= 11 is 4.54. The fraction of sp³-hybridized carbons (Fsp3) is 0.750. The Morgan fingerprint density at radius 1 is 1.12 bits per heavy atom. The molecule has 1 N–H and O–H groups in total. The van der Waals surface area contributed by atoms with E-state index in [-0.39, 0.29) is 5.91 Å². The molecule has 1 amide bonds. The van der Waals surface area contributed by atoms with Gasteiger partial charge in [-0.2, -0.15) is 12.6 Å². The van der Waals surface area contributed by atoms with Gasteiger partial charge in [0.1, 0.15) is 0 Å². The maximum atomic E-state index is 12.7. The molecule has 186 valence electrons. The molecule has 1 saturated heterocycles. The van der Waals surface area contributed by atoms with Crippen LogP contribution in [0.5, 0.6) is 0 Å². The molecule has 3 rings (SSSR count). The van der Waals surface area contributed by atoms with Gasteiger partial charge in [0.25, 0.3) is 5.91 Å². The second-order valence-electron chi connectivity index (χ2n) is 10.3. The maximum Gasteiger partial charge on any atom is 0.251 e. The minimum atomic E-state index is 0.0187. The Morgan fingerprint density at radius 2 is 1.94 bits per heavy atom. The van der Waals surface area contributed by atoms with E-state index >= 15 is 0 Å². The van der Waals surface area contributed by atoms with E-state index in [1.807, 2.05) is 6.07 Å². The largest absolute Gasteiger partial charge is 0.383 e. The van der Waals surface area contributed by atoms with E-state index in [9.17, 15) is 4.79 Å². The number of carbonyl (C=O) groups is 1. The highest BCUT2D eigenvalue weighted by molar-refractivity contribution is 7.80. The molecule has 0 aromatic heterocycles. The first-order chi connectivity index (χ1) is 16.1. The zero-order chi connectivity index (χ0) is 23.5. The van der Waals surface area contributed by atoms with Crippen LogP contribution in [0.25, 0.3) is 0 Å². The Bertz CT molecular complexity index is 718. The van der Waals surface area contributed by atoms with Gasteiger partial charge in [-0.1, -0.05) is 19.4 Å². The van der Waals surface area contributed by atoms with Crippen LogP contribution in [0.3, 0.4) is 0 Å². The molecule has 0 radical (unpaired) electrons. The number of nitrogens with zero attached hydrogens (tertiary/aromatic N) is 1. The Hall–Kier alpha value is -1.04. The van der Waals surface area contributed by atoms with Crippen molar-refractivity contribution in [3.63, 3.8) is 0 Å². The monoisotopic (exact) mass is 474 g/mol. The summed E-state index contributed by atoms with van der Waals surface area (Å²) in [5.74, 6) is 3.15. The van der Waals surface area contributed by atoms with Crippen molar-refractivity contribution in [2.24, 2.45) is 11.8 Å². The van der Waals surface area contributed by atoms with E-state index in [0.717, 1.165) is 29.6 Å². The SMILES string of the molecule is CCCCN1CCCC(Cc2cc(C(=O)NCCOC)ccc2C2CCC(CS)CC2)CC1. The number of amides is 1. The van der Waals surface area contributed by atoms with Crippen molar-refractivity contribution in [2.45, 2.75) is 77.0 Å². The lowest BCUT2D eigenvalue weighted by Crippen LogP contribution is -2.27. The number of ether oxygens (including phenoxy) is 1. The molecule has 1 aliphatic carbocycles. The average molecular weight is 475 g/mol. The minimum absolute atomic E-state index is 0.0187. The van der Waals surface area contributed by atoms with Crippen LogP contribution in [-0.4, -0.2) is 56.5 Å². The standard InChI is InChI=1S/C28H46N2O2S/c1-3-4-15-30-16-5-6-22(13-17-30)19-26-20-25(28(31)29-14-18-32-2)11-12-27(26)24-9-7-23(21-33)8-10-24/h11-12,20,22-24,33H,3-10,13-19,21H2,1-2H3,(H,29,31). The molecule has 1 unspecified atom stereocenters. The summed E-state index contributed by atoms with van der Waals surface area (Å²) < 4.78 is 5.09. The van der Waals surface area contributed by atoms with E-state index in [1.165, 1.54) is 88.5 Å². The predicted octanol–water partition coefficient (Wildman–Crippen LogP) is 5.71. The number of carbonyl (C=O) groups excluding carboxylic acids is 1. The zero-order valence-corrected chi connectivity index (χ0v) is 21.9. The van der Waals surface area contributed by atoms with Crippen LogP contribution in [0.2, 0.25) is 0 Å². The fourth-order valence-corrected chi connectivity index (χ4v) is 6.06. The van der Waals surface area contributed by atoms with Crippen LogP contribution in [0, 0.1) is 11.8 Å². The van der Waals surface area contributed by atoms with Gasteiger partial charge in [0.15, 0.2) is 0 Å². The Kier molecular flexibility index (Phi) is 11.6. The molecule has 1 aromatic carbocycles. The van der Waals surface area contributed by atoms with Crippen LogP contribution < -0.4 is 5.32 Å². The zero-order valence-electron chi connectivity index (χ0n) is 21.0. The first-order valence-corrected chi connectivity index (χ1v) is 14.0. The van der Waals surface area contributed by atoms with Crippen molar-refractivity contribution in [1.29, 1.82) is 0 Å². The number of thiol groups is 1. The molecule has 1 atom stereocenters. The quantitative estimate of drug-likeness (QED) is 0.319. The number of rotatable bonds is 11. The van der Waals surface area contributed by atoms with Crippen LogP contribution in [-0.2, 0) is 11.2 Å². The molecule has 2 aliphatic rings. The van der Waals surface area contributed by atoms with Gasteiger partial charge in [0.05, 0.1) is 6.61 Å². The van der Waals surface area contributed by atoms with Crippen molar-refractivity contribution in [2.75, 3.05) is 45.6 Å². The average Bonchev–Trinajstić information content (AvgIpc) is 3.08. The highest BCUT2D eigenvalue weighted by Crippen LogP contribution is 2.39. The number of unbranched alkanes of at least 4 members (excludes halogenated alkanes) is 1. The molecule has 1 aromatic rings. The second kappa shape index (κ2) is 14.4. The van der Waals surface area contributed by atoms with E-state index in [0.29, 0.717) is 19.1 Å². The normalized spacial score (nSPS) is 24.4. The lowest BCUT2D eigenvalue weighted by molar-refractivity contribution is 0.0937. The van der Waals surface area contributed by atoms with Crippen LogP contribution in [0.1, 0.15) is 92.1 Å². The van der Waals surface area contributed by atoms with Crippen LogP contribution in [0.15, 0.2) is 18.2 Å². The predicted molar refractivity (Wildman–Crippen MR) is 142 cm³/mol.